The highest BCUT2D eigenvalue weighted by molar-refractivity contribution is 9.10. The second-order valence-corrected chi connectivity index (χ2v) is 8.15. The number of ether oxygens (including phenoxy) is 1. The molecule has 1 saturated heterocycles. The number of aliphatic carboxylic acids is 1. The fourth-order valence-electron chi connectivity index (χ4n) is 3.91. The minimum absolute atomic E-state index is 0.321. The number of pyridine rings is 1. The number of methoxy groups -OCH3 is 1. The summed E-state index contributed by atoms with van der Waals surface area (Å²) in [5.41, 5.74) is 3.95. The number of hydrogen-bond donors (Lipinski definition) is 1. The maximum absolute atomic E-state index is 11.1. The molecule has 0 atom stereocenters. The molecule has 0 radical (unpaired) electrons. The number of fused-ring (bicyclic) bond motifs is 1. The van der Waals surface area contributed by atoms with E-state index in [9.17, 15) is 9.90 Å². The number of imidazole rings is 1. The summed E-state index contributed by atoms with van der Waals surface area (Å²) in [5, 5.41) is 11.1. The molecule has 3 aromatic rings. The van der Waals surface area contributed by atoms with Crippen LogP contribution in [0.25, 0.3) is 16.9 Å². The van der Waals surface area contributed by atoms with E-state index in [1.165, 1.54) is 4.90 Å². The summed E-state index contributed by atoms with van der Waals surface area (Å²) >= 11 is 3.56. The number of nitrogens with zero attached hydrogens (tertiary/aromatic N) is 2. The quantitative estimate of drug-likeness (QED) is 0.645. The molecule has 3 heterocycles. The average molecular weight is 444 g/mol. The maximum atomic E-state index is 11.1. The number of benzene rings is 1. The summed E-state index contributed by atoms with van der Waals surface area (Å²) in [6, 6.07) is 11.9. The second kappa shape index (κ2) is 7.93. The first-order valence-electron chi connectivity index (χ1n) is 9.40. The summed E-state index contributed by atoms with van der Waals surface area (Å²) in [4.78, 5) is 17.4. The van der Waals surface area contributed by atoms with Crippen LogP contribution in [0.2, 0.25) is 0 Å². The Labute approximate surface area is 171 Å². The van der Waals surface area contributed by atoms with Crippen LogP contribution in [0.3, 0.4) is 0 Å². The molecule has 4 rings (SSSR count). The van der Waals surface area contributed by atoms with Gasteiger partial charge in [-0.3, -0.25) is 4.40 Å². The van der Waals surface area contributed by atoms with Crippen LogP contribution in [0.4, 0.5) is 0 Å². The second-order valence-electron chi connectivity index (χ2n) is 7.23. The van der Waals surface area contributed by atoms with Gasteiger partial charge in [0.15, 0.2) is 0 Å². The number of aromatic nitrogens is 2. The fraction of sp³-hybridized carbons (Fsp3) is 0.333. The topological polar surface area (TPSA) is 71.1 Å². The minimum atomic E-state index is -0.921. The molecule has 6 nitrogen and oxygen atoms in total. The van der Waals surface area contributed by atoms with Crippen LogP contribution in [0.1, 0.15) is 18.5 Å². The van der Waals surface area contributed by atoms with Crippen LogP contribution in [-0.4, -0.2) is 35.6 Å². The molecule has 0 unspecified atom stereocenters. The van der Waals surface area contributed by atoms with E-state index in [2.05, 4.69) is 20.3 Å². The molecule has 146 valence electrons. The standard InChI is InChI=1S/C21H22BrN3O3/c1-28-17-4-2-3-15(11-17)20-18(25-12-16(22)5-6-19(25)23-20)13-24-9-7-14(8-10-24)21(26)27/h2-6,11-12,14H,7-10,13H2,1H3,(H,26,27). The van der Waals surface area contributed by atoms with Gasteiger partial charge in [0, 0.05) is 41.0 Å². The molecule has 1 aliphatic heterocycles. The Hall–Kier alpha value is -2.38. The van der Waals surface area contributed by atoms with E-state index >= 15 is 0 Å². The number of piperidine rings is 1. The summed E-state index contributed by atoms with van der Waals surface area (Å²) in [7, 11) is 1.66. The summed E-state index contributed by atoms with van der Waals surface area (Å²) in [5.74, 6) is -0.448. The van der Waals surface area contributed by atoms with Crippen LogP contribution in [0, 0.1) is 5.92 Å². The summed E-state index contributed by atoms with van der Waals surface area (Å²) in [6.07, 6.45) is 3.36. The van der Waals surface area contributed by atoms with Crippen molar-refractivity contribution in [2.75, 3.05) is 20.2 Å². The van der Waals surface area contributed by atoms with Crippen LogP contribution in [-0.2, 0) is 11.3 Å². The first kappa shape index (κ1) is 19.0. The molecular formula is C21H22BrN3O3. The predicted octanol–water partition coefficient (Wildman–Crippen LogP) is 1.32. The van der Waals surface area contributed by atoms with Crippen molar-refractivity contribution in [3.05, 3.63) is 52.8 Å². The highest BCUT2D eigenvalue weighted by atomic mass is 79.9. The van der Waals surface area contributed by atoms with Gasteiger partial charge in [0.2, 0.25) is 0 Å². The summed E-state index contributed by atoms with van der Waals surface area (Å²) in [6.45, 7) is 2.42. The molecule has 1 aliphatic rings. The van der Waals surface area contributed by atoms with Gasteiger partial charge in [0.1, 0.15) is 23.6 Å². The number of hydrogen-bond acceptors (Lipinski definition) is 4. The normalized spacial score (nSPS) is 19.6. The predicted molar refractivity (Wildman–Crippen MR) is 107 cm³/mol. The third kappa shape index (κ3) is 3.77. The van der Waals surface area contributed by atoms with Gasteiger partial charge in [0.05, 0.1) is 25.9 Å². The molecule has 7 heteroatoms. The van der Waals surface area contributed by atoms with Crippen molar-refractivity contribution in [3.8, 4) is 17.0 Å². The van der Waals surface area contributed by atoms with E-state index < -0.39 is 5.97 Å². The Kier molecular flexibility index (Phi) is 5.37. The highest BCUT2D eigenvalue weighted by Gasteiger charge is 2.26. The molecule has 2 aromatic heterocycles. The number of likely N-dealkylation sites (tertiary alicyclic amines) is 1. The summed E-state index contributed by atoms with van der Waals surface area (Å²) < 4.78 is 8.49. The number of carbonyl (C=O) groups excluding carboxylic acids is 1. The van der Waals surface area contributed by atoms with Gasteiger partial charge in [0.25, 0.3) is 0 Å². The van der Waals surface area contributed by atoms with Gasteiger partial charge in [-0.2, -0.15) is 0 Å². The molecule has 0 amide bonds. The van der Waals surface area contributed by atoms with Crippen LogP contribution in [0.5, 0.6) is 5.75 Å². The SMILES string of the molecule is COc1cccc(-c2nc3ccc(Br)cn3c2C[NH+]2CCC(C(=O)[O-])CC2)c1. The number of rotatable bonds is 5. The molecule has 1 fully saturated rings. The Bertz CT molecular complexity index is 1010. The van der Waals surface area contributed by atoms with E-state index in [1.54, 1.807) is 7.11 Å². The number of carboxylic acids is 1. The van der Waals surface area contributed by atoms with Gasteiger partial charge < -0.3 is 19.5 Å². The van der Waals surface area contributed by atoms with Gasteiger partial charge >= 0.3 is 0 Å². The van der Waals surface area contributed by atoms with Gasteiger partial charge in [-0.1, -0.05) is 12.1 Å². The average Bonchev–Trinajstić information content (AvgIpc) is 3.06. The Balaban J connectivity index is 1.71. The minimum Gasteiger partial charge on any atom is -0.550 e. The smallest absolute Gasteiger partial charge is 0.137 e. The van der Waals surface area contributed by atoms with Gasteiger partial charge in [-0.25, -0.2) is 4.98 Å². The largest absolute Gasteiger partial charge is 0.550 e. The maximum Gasteiger partial charge on any atom is 0.137 e. The van der Waals surface area contributed by atoms with E-state index in [1.807, 2.05) is 42.6 Å². The molecule has 1 aromatic carbocycles. The third-order valence-electron chi connectivity index (χ3n) is 5.47. The van der Waals surface area contributed by atoms with E-state index in [4.69, 9.17) is 9.72 Å². The van der Waals surface area contributed by atoms with Crippen molar-refractivity contribution in [2.24, 2.45) is 5.92 Å². The van der Waals surface area contributed by atoms with Crippen LogP contribution in [0.15, 0.2) is 47.1 Å². The Morgan fingerprint density at radius 1 is 1.32 bits per heavy atom. The molecule has 0 spiro atoms. The van der Waals surface area contributed by atoms with Crippen LogP contribution >= 0.6 is 15.9 Å². The lowest BCUT2D eigenvalue weighted by Crippen LogP contribution is -3.12. The zero-order valence-electron chi connectivity index (χ0n) is 15.7. The van der Waals surface area contributed by atoms with Crippen molar-refractivity contribution >= 4 is 27.5 Å². The van der Waals surface area contributed by atoms with E-state index in [-0.39, 0.29) is 5.92 Å². The van der Waals surface area contributed by atoms with Crippen molar-refractivity contribution in [1.29, 1.82) is 0 Å². The van der Waals surface area contributed by atoms with Crippen LogP contribution < -0.4 is 14.7 Å². The first-order chi connectivity index (χ1) is 13.5. The van der Waals surface area contributed by atoms with Crippen molar-refractivity contribution in [2.45, 2.75) is 19.4 Å². The van der Waals surface area contributed by atoms with E-state index in [0.29, 0.717) is 12.8 Å². The van der Waals surface area contributed by atoms with Crippen molar-refractivity contribution in [3.63, 3.8) is 0 Å². The van der Waals surface area contributed by atoms with Gasteiger partial charge in [-0.15, -0.1) is 0 Å². The fourth-order valence-corrected chi connectivity index (χ4v) is 4.25. The number of halogens is 1. The number of quaternary nitrogens is 1. The zero-order chi connectivity index (χ0) is 19.7. The molecule has 28 heavy (non-hydrogen) atoms. The Morgan fingerprint density at radius 3 is 2.82 bits per heavy atom. The zero-order valence-corrected chi connectivity index (χ0v) is 17.2. The van der Waals surface area contributed by atoms with Crippen molar-refractivity contribution < 1.29 is 19.5 Å². The molecule has 1 N–H and O–H groups in total. The number of carbonyl (C=O) groups is 1. The number of carboxylic acid groups (broad SMARTS) is 1. The highest BCUT2D eigenvalue weighted by Crippen LogP contribution is 2.28. The van der Waals surface area contributed by atoms with Gasteiger partial charge in [-0.05, 0) is 40.2 Å². The third-order valence-corrected chi connectivity index (χ3v) is 5.94. The van der Waals surface area contributed by atoms with E-state index in [0.717, 1.165) is 52.5 Å². The lowest BCUT2D eigenvalue weighted by molar-refractivity contribution is -0.919. The molecular weight excluding hydrogens is 422 g/mol. The van der Waals surface area contributed by atoms with Crippen molar-refractivity contribution in [1.82, 2.24) is 9.38 Å². The molecule has 0 bridgehead atoms. The Morgan fingerprint density at radius 2 is 2.11 bits per heavy atom. The lowest BCUT2D eigenvalue weighted by atomic mass is 9.97. The molecule has 0 aliphatic carbocycles. The lowest BCUT2D eigenvalue weighted by Gasteiger charge is -2.29. The first-order valence-corrected chi connectivity index (χ1v) is 10.2. The monoisotopic (exact) mass is 443 g/mol. The number of nitrogens with one attached hydrogen (secondary N) is 1. The molecule has 0 saturated carbocycles.